The quantitative estimate of drug-likeness (QED) is 0.491. The fourth-order valence-corrected chi connectivity index (χ4v) is 3.04. The van der Waals surface area contributed by atoms with Crippen LogP contribution in [-0.4, -0.2) is 14.5 Å². The van der Waals surface area contributed by atoms with Gasteiger partial charge in [0.25, 0.3) is 0 Å². The molecule has 0 radical (unpaired) electrons. The van der Waals surface area contributed by atoms with Crippen molar-refractivity contribution in [2.45, 2.75) is 13.0 Å². The zero-order valence-corrected chi connectivity index (χ0v) is 16.0. The third-order valence-electron chi connectivity index (χ3n) is 4.51. The molecule has 0 aliphatic rings. The number of nitrogens with zero attached hydrogens (tertiary/aromatic N) is 4. The van der Waals surface area contributed by atoms with Gasteiger partial charge in [-0.3, -0.25) is 4.98 Å². The van der Waals surface area contributed by atoms with Crippen LogP contribution in [-0.2, 0) is 13.0 Å². The van der Waals surface area contributed by atoms with Crippen LogP contribution in [0.3, 0.4) is 0 Å². The highest BCUT2D eigenvalue weighted by atomic mass is 35.5. The van der Waals surface area contributed by atoms with Crippen molar-refractivity contribution in [1.82, 2.24) is 14.5 Å². The number of imidazole rings is 1. The molecule has 0 unspecified atom stereocenters. The smallest absolute Gasteiger partial charge is 0.0991 e. The Morgan fingerprint density at radius 1 is 0.857 bits per heavy atom. The Morgan fingerprint density at radius 3 is 2.29 bits per heavy atom. The van der Waals surface area contributed by atoms with Gasteiger partial charge >= 0.3 is 0 Å². The van der Waals surface area contributed by atoms with Crippen LogP contribution in [0.25, 0.3) is 11.3 Å². The van der Waals surface area contributed by atoms with Gasteiger partial charge in [0, 0.05) is 30.1 Å². The second-order valence-electron chi connectivity index (χ2n) is 6.42. The third-order valence-corrected chi connectivity index (χ3v) is 4.51. The zero-order valence-electron chi connectivity index (χ0n) is 15.2. The molecule has 0 aliphatic carbocycles. The van der Waals surface area contributed by atoms with Crippen molar-refractivity contribution in [3.05, 3.63) is 108 Å². The second kappa shape index (κ2) is 8.98. The summed E-state index contributed by atoms with van der Waals surface area (Å²) in [4.78, 5) is 8.90. The van der Waals surface area contributed by atoms with Crippen LogP contribution >= 0.6 is 12.4 Å². The molecule has 2 aromatic carbocycles. The molecule has 0 saturated carbocycles. The number of rotatable bonds is 5. The van der Waals surface area contributed by atoms with Crippen LogP contribution in [0.2, 0.25) is 0 Å². The molecular weight excluding hydrogens is 368 g/mol. The highest BCUT2D eigenvalue weighted by Gasteiger charge is 2.06. The topological polar surface area (TPSA) is 54.5 Å². The number of aromatic nitrogens is 3. The summed E-state index contributed by atoms with van der Waals surface area (Å²) in [5.41, 5.74) is 6.20. The number of nitriles is 1. The molecule has 0 amide bonds. The van der Waals surface area contributed by atoms with Gasteiger partial charge < -0.3 is 4.57 Å². The summed E-state index contributed by atoms with van der Waals surface area (Å²) in [6, 6.07) is 24.2. The van der Waals surface area contributed by atoms with E-state index in [1.165, 1.54) is 0 Å². The molecule has 5 heteroatoms. The minimum Gasteiger partial charge on any atom is -0.330 e. The Bertz CT molecular complexity index is 1060. The number of hydrogen-bond donors (Lipinski definition) is 0. The summed E-state index contributed by atoms with van der Waals surface area (Å²) in [7, 11) is 0. The first-order valence-electron chi connectivity index (χ1n) is 8.80. The Kier molecular flexibility index (Phi) is 6.21. The molecule has 28 heavy (non-hydrogen) atoms. The molecule has 2 aromatic heterocycles. The van der Waals surface area contributed by atoms with Crippen LogP contribution in [0.1, 0.15) is 22.4 Å². The van der Waals surface area contributed by atoms with Crippen molar-refractivity contribution in [3.8, 4) is 17.3 Å². The normalized spacial score (nSPS) is 10.1. The molecule has 4 aromatic rings. The number of hydrogen-bond acceptors (Lipinski definition) is 3. The van der Waals surface area contributed by atoms with Crippen molar-refractivity contribution in [1.29, 1.82) is 5.26 Å². The van der Waals surface area contributed by atoms with Gasteiger partial charge in [-0.05, 0) is 29.3 Å². The van der Waals surface area contributed by atoms with Gasteiger partial charge in [-0.2, -0.15) is 5.26 Å². The van der Waals surface area contributed by atoms with Gasteiger partial charge in [-0.25, -0.2) is 4.98 Å². The van der Waals surface area contributed by atoms with E-state index in [1.807, 2.05) is 61.2 Å². The lowest BCUT2D eigenvalue weighted by molar-refractivity contribution is 0.751. The van der Waals surface area contributed by atoms with Gasteiger partial charge in [0.05, 0.1) is 30.2 Å². The Balaban J connectivity index is 0.00000225. The van der Waals surface area contributed by atoms with Gasteiger partial charge in [0.2, 0.25) is 0 Å². The maximum atomic E-state index is 8.92. The zero-order chi connectivity index (χ0) is 18.5. The van der Waals surface area contributed by atoms with Crippen molar-refractivity contribution < 1.29 is 0 Å². The fourth-order valence-electron chi connectivity index (χ4n) is 3.04. The van der Waals surface area contributed by atoms with Crippen LogP contribution < -0.4 is 0 Å². The number of pyridine rings is 1. The summed E-state index contributed by atoms with van der Waals surface area (Å²) in [5, 5.41) is 8.92. The summed E-state index contributed by atoms with van der Waals surface area (Å²) in [6.07, 6.45) is 6.45. The molecule has 4 nitrogen and oxygen atoms in total. The molecule has 0 fully saturated rings. The molecule has 2 heterocycles. The van der Waals surface area contributed by atoms with Crippen molar-refractivity contribution in [2.24, 2.45) is 0 Å². The second-order valence-corrected chi connectivity index (χ2v) is 6.42. The van der Waals surface area contributed by atoms with E-state index in [0.29, 0.717) is 5.56 Å². The van der Waals surface area contributed by atoms with E-state index < -0.39 is 0 Å². The van der Waals surface area contributed by atoms with Crippen LogP contribution in [0.4, 0.5) is 0 Å². The van der Waals surface area contributed by atoms with E-state index in [-0.39, 0.29) is 12.4 Å². The fraction of sp³-hybridized carbons (Fsp3) is 0.0870. The summed E-state index contributed by atoms with van der Waals surface area (Å²) < 4.78 is 2.14. The standard InChI is InChI=1S/C23H18N4.ClH/c24-13-19-8-6-18(7-9-19)12-22-15-25-17-27(22)16-20-10-11-23(26-14-20)21-4-2-1-3-5-21;/h1-11,14-15,17H,12,16H2;1H. The van der Waals surface area contributed by atoms with E-state index in [2.05, 4.69) is 44.9 Å². The summed E-state index contributed by atoms with van der Waals surface area (Å²) >= 11 is 0. The van der Waals surface area contributed by atoms with Crippen LogP contribution in [0.5, 0.6) is 0 Å². The molecule has 0 saturated heterocycles. The van der Waals surface area contributed by atoms with E-state index in [4.69, 9.17) is 5.26 Å². The summed E-state index contributed by atoms with van der Waals surface area (Å²) in [5.74, 6) is 0. The van der Waals surface area contributed by atoms with Crippen LogP contribution in [0.15, 0.2) is 85.5 Å². The molecule has 0 bridgehead atoms. The predicted molar refractivity (Wildman–Crippen MR) is 112 cm³/mol. The first-order valence-corrected chi connectivity index (χ1v) is 8.80. The van der Waals surface area contributed by atoms with Crippen molar-refractivity contribution in [3.63, 3.8) is 0 Å². The van der Waals surface area contributed by atoms with Gasteiger partial charge in [0.1, 0.15) is 0 Å². The Labute approximate surface area is 170 Å². The lowest BCUT2D eigenvalue weighted by atomic mass is 10.1. The SMILES string of the molecule is Cl.N#Cc1ccc(Cc2cncn2Cc2ccc(-c3ccccc3)nc2)cc1. The molecule has 4 rings (SSSR count). The number of halogens is 1. The largest absolute Gasteiger partial charge is 0.330 e. The molecule has 0 atom stereocenters. The third kappa shape index (κ3) is 4.46. The summed E-state index contributed by atoms with van der Waals surface area (Å²) in [6.45, 7) is 0.730. The minimum absolute atomic E-state index is 0. The highest BCUT2D eigenvalue weighted by molar-refractivity contribution is 5.85. The molecular formula is C23H19ClN4. The average molecular weight is 387 g/mol. The molecule has 0 N–H and O–H groups in total. The molecule has 0 spiro atoms. The lowest BCUT2D eigenvalue weighted by Crippen LogP contribution is -2.04. The van der Waals surface area contributed by atoms with Gasteiger partial charge in [-0.15, -0.1) is 12.4 Å². The first kappa shape index (κ1) is 19.3. The van der Waals surface area contributed by atoms with E-state index in [9.17, 15) is 0 Å². The lowest BCUT2D eigenvalue weighted by Gasteiger charge is -2.09. The first-order chi connectivity index (χ1) is 13.3. The van der Waals surface area contributed by atoms with E-state index >= 15 is 0 Å². The molecule has 0 aliphatic heterocycles. The maximum absolute atomic E-state index is 8.92. The highest BCUT2D eigenvalue weighted by Crippen LogP contribution is 2.17. The monoisotopic (exact) mass is 386 g/mol. The van der Waals surface area contributed by atoms with E-state index in [1.54, 1.807) is 0 Å². The molecule has 138 valence electrons. The Morgan fingerprint density at radius 2 is 1.61 bits per heavy atom. The van der Waals surface area contributed by atoms with E-state index in [0.717, 1.165) is 41.0 Å². The van der Waals surface area contributed by atoms with Crippen molar-refractivity contribution in [2.75, 3.05) is 0 Å². The van der Waals surface area contributed by atoms with Crippen molar-refractivity contribution >= 4 is 12.4 Å². The number of benzene rings is 2. The predicted octanol–water partition coefficient (Wildman–Crippen LogP) is 4.88. The Hall–Kier alpha value is -3.42. The average Bonchev–Trinajstić information content (AvgIpc) is 3.16. The van der Waals surface area contributed by atoms with Gasteiger partial charge in [0.15, 0.2) is 0 Å². The van der Waals surface area contributed by atoms with Gasteiger partial charge in [-0.1, -0.05) is 48.5 Å². The minimum atomic E-state index is 0. The van der Waals surface area contributed by atoms with Crippen LogP contribution in [0, 0.1) is 11.3 Å². The maximum Gasteiger partial charge on any atom is 0.0991 e.